The van der Waals surface area contributed by atoms with Gasteiger partial charge in [-0.25, -0.2) is 0 Å². The maximum absolute atomic E-state index is 10.9. The molecule has 5 rings (SSSR count). The van der Waals surface area contributed by atoms with E-state index >= 15 is 0 Å². The summed E-state index contributed by atoms with van der Waals surface area (Å²) in [5, 5.41) is 15.3. The monoisotopic (exact) mass is 417 g/mol. The molecule has 2 heterocycles. The molecule has 5 heteroatoms. The number of hydrogen-bond donors (Lipinski definition) is 1. The van der Waals surface area contributed by atoms with Gasteiger partial charge in [-0.15, -0.1) is 0 Å². The van der Waals surface area contributed by atoms with Gasteiger partial charge in [0, 0.05) is 37.9 Å². The highest BCUT2D eigenvalue weighted by atomic mass is 16.5. The second-order valence-electron chi connectivity index (χ2n) is 8.91. The highest BCUT2D eigenvalue weighted by molar-refractivity contribution is 5.70. The van der Waals surface area contributed by atoms with Gasteiger partial charge in [-0.1, -0.05) is 48.5 Å². The fourth-order valence-electron chi connectivity index (χ4n) is 5.34. The summed E-state index contributed by atoms with van der Waals surface area (Å²) < 4.78 is 8.53. The average Bonchev–Trinajstić information content (AvgIpc) is 3.41. The molecule has 0 amide bonds. The maximum atomic E-state index is 10.9. The third kappa shape index (κ3) is 4.25. The van der Waals surface area contributed by atoms with Crippen LogP contribution in [0, 0.1) is 11.8 Å². The predicted molar refractivity (Wildman–Crippen MR) is 122 cm³/mol. The molecule has 1 aliphatic heterocycles. The quantitative estimate of drug-likeness (QED) is 0.652. The summed E-state index contributed by atoms with van der Waals surface area (Å²) in [5.74, 6) is 1.96. The van der Waals surface area contributed by atoms with Crippen LogP contribution in [-0.2, 0) is 13.1 Å². The van der Waals surface area contributed by atoms with E-state index in [1.165, 1.54) is 5.69 Å². The molecule has 5 nitrogen and oxygen atoms in total. The number of aryl methyl sites for hydroxylation is 1. The van der Waals surface area contributed by atoms with Crippen molar-refractivity contribution in [3.63, 3.8) is 0 Å². The molecule has 0 bridgehead atoms. The van der Waals surface area contributed by atoms with E-state index in [1.807, 2.05) is 42.6 Å². The van der Waals surface area contributed by atoms with E-state index in [2.05, 4.69) is 45.9 Å². The Morgan fingerprint density at radius 2 is 1.71 bits per heavy atom. The summed E-state index contributed by atoms with van der Waals surface area (Å²) in [7, 11) is 0. The lowest BCUT2D eigenvalue weighted by Crippen LogP contribution is -2.42. The van der Waals surface area contributed by atoms with Crippen LogP contribution >= 0.6 is 0 Å². The van der Waals surface area contributed by atoms with E-state index in [1.54, 1.807) is 0 Å². The SMILES string of the molecule is CCn1nccc1CN1C[C@H]2C[C@@H](Oc3ccccc3-c3ccccc3)[C@H](O)C[C@H]2C1. The van der Waals surface area contributed by atoms with Crippen molar-refractivity contribution in [3.8, 4) is 16.9 Å². The molecular weight excluding hydrogens is 386 g/mol. The number of aromatic nitrogens is 2. The molecule has 2 fully saturated rings. The van der Waals surface area contributed by atoms with E-state index in [0.717, 1.165) is 55.9 Å². The molecule has 3 aromatic rings. The Labute approximate surface area is 184 Å². The smallest absolute Gasteiger partial charge is 0.127 e. The van der Waals surface area contributed by atoms with E-state index in [0.29, 0.717) is 11.8 Å². The van der Waals surface area contributed by atoms with E-state index in [4.69, 9.17) is 4.74 Å². The van der Waals surface area contributed by atoms with Crippen LogP contribution in [0.5, 0.6) is 5.75 Å². The van der Waals surface area contributed by atoms with Gasteiger partial charge in [0.15, 0.2) is 0 Å². The van der Waals surface area contributed by atoms with Crippen molar-refractivity contribution in [2.45, 2.75) is 45.1 Å². The molecular formula is C26H31N3O2. The Bertz CT molecular complexity index is 1000. The molecule has 1 saturated carbocycles. The average molecular weight is 418 g/mol. The molecule has 0 spiro atoms. The Balaban J connectivity index is 1.27. The number of fused-ring (bicyclic) bond motifs is 1. The van der Waals surface area contributed by atoms with Crippen molar-refractivity contribution in [3.05, 3.63) is 72.6 Å². The summed E-state index contributed by atoms with van der Waals surface area (Å²) in [6, 6.07) is 20.6. The van der Waals surface area contributed by atoms with Gasteiger partial charge in [-0.05, 0) is 49.3 Å². The van der Waals surface area contributed by atoms with Crippen molar-refractivity contribution in [2.24, 2.45) is 11.8 Å². The van der Waals surface area contributed by atoms with Gasteiger partial charge in [-0.2, -0.15) is 5.10 Å². The van der Waals surface area contributed by atoms with Crippen LogP contribution in [0.15, 0.2) is 66.9 Å². The Kier molecular flexibility index (Phi) is 5.79. The molecule has 31 heavy (non-hydrogen) atoms. The number of benzene rings is 2. The standard InChI is InChI=1S/C26H31N3O2/c1-2-29-22(12-13-27-29)18-28-16-20-14-24(30)26(15-21(20)17-28)31-25-11-7-6-10-23(25)19-8-4-3-5-9-19/h3-13,20-21,24,26,30H,2,14-18H2,1H3/t20-,21+,24+,26+/m0/s1. The Hall–Kier alpha value is -2.63. The molecule has 1 aliphatic carbocycles. The summed E-state index contributed by atoms with van der Waals surface area (Å²) in [6.45, 7) is 6.07. The number of nitrogens with zero attached hydrogens (tertiary/aromatic N) is 3. The number of likely N-dealkylation sites (tertiary alicyclic amines) is 1. The van der Waals surface area contributed by atoms with Crippen LogP contribution in [0.4, 0.5) is 0 Å². The van der Waals surface area contributed by atoms with Crippen LogP contribution in [0.1, 0.15) is 25.5 Å². The number of rotatable bonds is 6. The number of aliphatic hydroxyl groups is 1. The van der Waals surface area contributed by atoms with E-state index in [9.17, 15) is 5.11 Å². The summed E-state index contributed by atoms with van der Waals surface area (Å²) >= 11 is 0. The molecule has 2 aliphatic rings. The Morgan fingerprint density at radius 3 is 2.52 bits per heavy atom. The van der Waals surface area contributed by atoms with Crippen LogP contribution in [0.3, 0.4) is 0 Å². The van der Waals surface area contributed by atoms with Crippen LogP contribution in [0.2, 0.25) is 0 Å². The zero-order valence-electron chi connectivity index (χ0n) is 18.1. The van der Waals surface area contributed by atoms with Gasteiger partial charge in [-0.3, -0.25) is 9.58 Å². The molecule has 1 aromatic heterocycles. The van der Waals surface area contributed by atoms with Gasteiger partial charge in [0.2, 0.25) is 0 Å². The Morgan fingerprint density at radius 1 is 0.968 bits per heavy atom. The lowest BCUT2D eigenvalue weighted by molar-refractivity contribution is -0.0228. The van der Waals surface area contributed by atoms with Crippen molar-refractivity contribution >= 4 is 0 Å². The zero-order valence-corrected chi connectivity index (χ0v) is 18.1. The summed E-state index contributed by atoms with van der Waals surface area (Å²) in [4.78, 5) is 2.52. The molecule has 1 saturated heterocycles. The minimum atomic E-state index is -0.425. The summed E-state index contributed by atoms with van der Waals surface area (Å²) in [5.41, 5.74) is 3.49. The second kappa shape index (κ2) is 8.85. The van der Waals surface area contributed by atoms with E-state index < -0.39 is 6.10 Å². The normalized spacial score (nSPS) is 26.0. The van der Waals surface area contributed by atoms with Gasteiger partial charge < -0.3 is 9.84 Å². The van der Waals surface area contributed by atoms with E-state index in [-0.39, 0.29) is 6.10 Å². The predicted octanol–water partition coefficient (Wildman–Crippen LogP) is 4.22. The minimum absolute atomic E-state index is 0.160. The first-order valence-electron chi connectivity index (χ1n) is 11.4. The van der Waals surface area contributed by atoms with Gasteiger partial charge >= 0.3 is 0 Å². The number of aliphatic hydroxyl groups excluding tert-OH is 1. The second-order valence-corrected chi connectivity index (χ2v) is 8.91. The summed E-state index contributed by atoms with van der Waals surface area (Å²) in [6.07, 6.45) is 3.02. The molecule has 1 N–H and O–H groups in total. The van der Waals surface area contributed by atoms with Crippen molar-refractivity contribution in [1.29, 1.82) is 0 Å². The van der Waals surface area contributed by atoms with Crippen LogP contribution in [-0.4, -0.2) is 45.1 Å². The lowest BCUT2D eigenvalue weighted by atomic mass is 9.78. The minimum Gasteiger partial charge on any atom is -0.487 e. The third-order valence-corrected chi connectivity index (χ3v) is 6.90. The molecule has 2 aromatic carbocycles. The topological polar surface area (TPSA) is 50.5 Å². The molecule has 0 radical (unpaired) electrons. The fraction of sp³-hybridized carbons (Fsp3) is 0.423. The largest absolute Gasteiger partial charge is 0.487 e. The molecule has 162 valence electrons. The molecule has 4 atom stereocenters. The maximum Gasteiger partial charge on any atom is 0.127 e. The first-order chi connectivity index (χ1) is 15.2. The molecule has 0 unspecified atom stereocenters. The van der Waals surface area contributed by atoms with Crippen LogP contribution < -0.4 is 4.74 Å². The fourth-order valence-corrected chi connectivity index (χ4v) is 5.34. The number of para-hydroxylation sites is 1. The van der Waals surface area contributed by atoms with Crippen LogP contribution in [0.25, 0.3) is 11.1 Å². The van der Waals surface area contributed by atoms with Crippen molar-refractivity contribution < 1.29 is 9.84 Å². The lowest BCUT2D eigenvalue weighted by Gasteiger charge is -2.35. The highest BCUT2D eigenvalue weighted by Gasteiger charge is 2.42. The van der Waals surface area contributed by atoms with Gasteiger partial charge in [0.25, 0.3) is 0 Å². The van der Waals surface area contributed by atoms with Gasteiger partial charge in [0.1, 0.15) is 11.9 Å². The van der Waals surface area contributed by atoms with Gasteiger partial charge in [0.05, 0.1) is 11.8 Å². The van der Waals surface area contributed by atoms with Crippen molar-refractivity contribution in [1.82, 2.24) is 14.7 Å². The highest BCUT2D eigenvalue weighted by Crippen LogP contribution is 2.40. The third-order valence-electron chi connectivity index (χ3n) is 6.90. The number of ether oxygens (including phenoxy) is 1. The first-order valence-corrected chi connectivity index (χ1v) is 11.4. The first kappa shape index (κ1) is 20.3. The zero-order chi connectivity index (χ0) is 21.2. The number of hydrogen-bond acceptors (Lipinski definition) is 4. The van der Waals surface area contributed by atoms with Crippen molar-refractivity contribution in [2.75, 3.05) is 13.1 Å².